The van der Waals surface area contributed by atoms with Crippen molar-refractivity contribution in [2.24, 2.45) is 0 Å². The van der Waals surface area contributed by atoms with E-state index in [9.17, 15) is 9.90 Å². The maximum absolute atomic E-state index is 11.6. The summed E-state index contributed by atoms with van der Waals surface area (Å²) in [6.45, 7) is 5.99. The van der Waals surface area contributed by atoms with Gasteiger partial charge in [-0.15, -0.1) is 0 Å². The number of rotatable bonds is 4. The molecule has 1 N–H and O–H groups in total. The van der Waals surface area contributed by atoms with Crippen molar-refractivity contribution in [1.82, 2.24) is 0 Å². The van der Waals surface area contributed by atoms with E-state index in [1.54, 1.807) is 18.2 Å². The number of aromatic hydroxyl groups is 1. The summed E-state index contributed by atoms with van der Waals surface area (Å²) in [6.07, 6.45) is 1.43. The van der Waals surface area contributed by atoms with Crippen molar-refractivity contribution in [3.63, 3.8) is 0 Å². The maximum Gasteiger partial charge on any atom is 0.162 e. The normalized spacial score (nSPS) is 10.7. The zero-order valence-corrected chi connectivity index (χ0v) is 9.58. The van der Waals surface area contributed by atoms with Crippen LogP contribution < -0.4 is 0 Å². The fourth-order valence-electron chi connectivity index (χ4n) is 1.56. The summed E-state index contributed by atoms with van der Waals surface area (Å²) in [7, 11) is 0. The molecule has 0 bridgehead atoms. The summed E-state index contributed by atoms with van der Waals surface area (Å²) in [4.78, 5) is 11.6. The quantitative estimate of drug-likeness (QED) is 0.765. The lowest BCUT2D eigenvalue weighted by Crippen LogP contribution is -2.00. The van der Waals surface area contributed by atoms with Gasteiger partial charge in [0.1, 0.15) is 5.75 Å². The number of ketones is 1. The fraction of sp³-hybridized carbons (Fsp3) is 0.462. The number of Topliss-reactive ketones (excluding diaryl/α,β-unsaturated/α-hetero) is 1. The van der Waals surface area contributed by atoms with Crippen molar-refractivity contribution in [1.29, 1.82) is 0 Å². The first-order valence-corrected chi connectivity index (χ1v) is 5.42. The van der Waals surface area contributed by atoms with Gasteiger partial charge in [0.2, 0.25) is 0 Å². The van der Waals surface area contributed by atoms with Gasteiger partial charge in [0.05, 0.1) is 0 Å². The van der Waals surface area contributed by atoms with Gasteiger partial charge in [0.15, 0.2) is 5.78 Å². The molecular weight excluding hydrogens is 188 g/mol. The van der Waals surface area contributed by atoms with Crippen LogP contribution in [0.15, 0.2) is 18.2 Å². The molecule has 0 amide bonds. The molecule has 0 spiro atoms. The Morgan fingerprint density at radius 1 is 1.40 bits per heavy atom. The minimum Gasteiger partial charge on any atom is -0.508 e. The standard InChI is InChI=1S/C13H18O2/c1-4-5-12(14)10-6-7-13(15)11(8-10)9(2)3/h6-9,15H,4-5H2,1-3H3. The number of carbonyl (C=O) groups excluding carboxylic acids is 1. The highest BCUT2D eigenvalue weighted by molar-refractivity contribution is 5.96. The topological polar surface area (TPSA) is 37.3 Å². The number of carbonyl (C=O) groups is 1. The van der Waals surface area contributed by atoms with Crippen LogP contribution in [0.4, 0.5) is 0 Å². The molecule has 0 atom stereocenters. The molecule has 1 rings (SSSR count). The van der Waals surface area contributed by atoms with Crippen molar-refractivity contribution in [2.75, 3.05) is 0 Å². The average molecular weight is 206 g/mol. The van der Waals surface area contributed by atoms with Gasteiger partial charge >= 0.3 is 0 Å². The summed E-state index contributed by atoms with van der Waals surface area (Å²) in [6, 6.07) is 5.11. The summed E-state index contributed by atoms with van der Waals surface area (Å²) in [5, 5.41) is 9.61. The van der Waals surface area contributed by atoms with Crippen molar-refractivity contribution in [3.8, 4) is 5.75 Å². The van der Waals surface area contributed by atoms with Crippen LogP contribution in [0.2, 0.25) is 0 Å². The highest BCUT2D eigenvalue weighted by atomic mass is 16.3. The Balaban J connectivity index is 3.02. The molecule has 0 saturated carbocycles. The molecule has 1 aromatic rings. The highest BCUT2D eigenvalue weighted by Gasteiger charge is 2.10. The Morgan fingerprint density at radius 2 is 2.07 bits per heavy atom. The summed E-state index contributed by atoms with van der Waals surface area (Å²) in [5.74, 6) is 0.664. The molecule has 0 fully saturated rings. The molecule has 0 unspecified atom stereocenters. The molecule has 0 saturated heterocycles. The lowest BCUT2D eigenvalue weighted by Gasteiger charge is -2.09. The minimum atomic E-state index is 0.152. The molecule has 0 heterocycles. The molecule has 0 aliphatic rings. The second-order valence-electron chi connectivity index (χ2n) is 4.10. The van der Waals surface area contributed by atoms with Gasteiger partial charge in [-0.3, -0.25) is 4.79 Å². The molecule has 2 nitrogen and oxygen atoms in total. The van der Waals surface area contributed by atoms with Crippen LogP contribution in [-0.4, -0.2) is 10.9 Å². The van der Waals surface area contributed by atoms with E-state index in [1.807, 2.05) is 20.8 Å². The van der Waals surface area contributed by atoms with E-state index in [-0.39, 0.29) is 17.5 Å². The molecule has 2 heteroatoms. The first kappa shape index (κ1) is 11.8. The van der Waals surface area contributed by atoms with Gasteiger partial charge in [-0.25, -0.2) is 0 Å². The van der Waals surface area contributed by atoms with Crippen LogP contribution in [0.3, 0.4) is 0 Å². The number of phenols is 1. The lowest BCUT2D eigenvalue weighted by atomic mass is 9.97. The summed E-state index contributed by atoms with van der Waals surface area (Å²) < 4.78 is 0. The first-order chi connectivity index (χ1) is 7.06. The average Bonchev–Trinajstić information content (AvgIpc) is 2.18. The predicted molar refractivity (Wildman–Crippen MR) is 61.4 cm³/mol. The zero-order chi connectivity index (χ0) is 11.4. The second-order valence-corrected chi connectivity index (χ2v) is 4.10. The molecule has 0 radical (unpaired) electrons. The Bertz CT molecular complexity index is 354. The van der Waals surface area contributed by atoms with Gasteiger partial charge in [-0.2, -0.15) is 0 Å². The smallest absolute Gasteiger partial charge is 0.162 e. The predicted octanol–water partition coefficient (Wildman–Crippen LogP) is 3.50. The third-order valence-electron chi connectivity index (χ3n) is 2.45. The zero-order valence-electron chi connectivity index (χ0n) is 9.58. The summed E-state index contributed by atoms with van der Waals surface area (Å²) in [5.41, 5.74) is 1.55. The highest BCUT2D eigenvalue weighted by Crippen LogP contribution is 2.26. The van der Waals surface area contributed by atoms with Crippen molar-refractivity contribution in [2.45, 2.75) is 39.5 Å². The van der Waals surface area contributed by atoms with Gasteiger partial charge in [0.25, 0.3) is 0 Å². The molecule has 15 heavy (non-hydrogen) atoms. The van der Waals surface area contributed by atoms with Gasteiger partial charge < -0.3 is 5.11 Å². The van der Waals surface area contributed by atoms with Crippen LogP contribution in [-0.2, 0) is 0 Å². The molecule has 1 aromatic carbocycles. The Labute approximate surface area is 90.9 Å². The third-order valence-corrected chi connectivity index (χ3v) is 2.45. The Hall–Kier alpha value is -1.31. The maximum atomic E-state index is 11.6. The van der Waals surface area contributed by atoms with E-state index in [1.165, 1.54) is 0 Å². The number of benzene rings is 1. The third kappa shape index (κ3) is 2.82. The van der Waals surface area contributed by atoms with Gasteiger partial charge in [-0.1, -0.05) is 20.8 Å². The van der Waals surface area contributed by atoms with Crippen LogP contribution in [0.25, 0.3) is 0 Å². The minimum absolute atomic E-state index is 0.152. The summed E-state index contributed by atoms with van der Waals surface area (Å²) >= 11 is 0. The second kappa shape index (κ2) is 4.96. The SMILES string of the molecule is CCCC(=O)c1ccc(O)c(C(C)C)c1. The van der Waals surface area contributed by atoms with Crippen LogP contribution >= 0.6 is 0 Å². The van der Waals surface area contributed by atoms with E-state index in [2.05, 4.69) is 0 Å². The van der Waals surface area contributed by atoms with Crippen LogP contribution in [0.5, 0.6) is 5.75 Å². The molecule has 82 valence electrons. The number of hydrogen-bond donors (Lipinski definition) is 1. The van der Waals surface area contributed by atoms with E-state index < -0.39 is 0 Å². The Kier molecular flexibility index (Phi) is 3.89. The van der Waals surface area contributed by atoms with Gasteiger partial charge in [-0.05, 0) is 36.1 Å². The number of hydrogen-bond acceptors (Lipinski definition) is 2. The van der Waals surface area contributed by atoms with Crippen molar-refractivity contribution < 1.29 is 9.90 Å². The van der Waals surface area contributed by atoms with Crippen molar-refractivity contribution >= 4 is 5.78 Å². The largest absolute Gasteiger partial charge is 0.508 e. The molecule has 0 aliphatic carbocycles. The first-order valence-electron chi connectivity index (χ1n) is 5.42. The van der Waals surface area contributed by atoms with Crippen LogP contribution in [0, 0.1) is 0 Å². The van der Waals surface area contributed by atoms with Gasteiger partial charge in [0, 0.05) is 12.0 Å². The van der Waals surface area contributed by atoms with E-state index in [0.717, 1.165) is 12.0 Å². The Morgan fingerprint density at radius 3 is 2.60 bits per heavy atom. The van der Waals surface area contributed by atoms with E-state index >= 15 is 0 Å². The fourth-order valence-corrected chi connectivity index (χ4v) is 1.56. The molecule has 0 aliphatic heterocycles. The van der Waals surface area contributed by atoms with Crippen LogP contribution in [0.1, 0.15) is 55.5 Å². The molecular formula is C13H18O2. The van der Waals surface area contributed by atoms with Crippen molar-refractivity contribution in [3.05, 3.63) is 29.3 Å². The monoisotopic (exact) mass is 206 g/mol. The van der Waals surface area contributed by atoms with E-state index in [4.69, 9.17) is 0 Å². The lowest BCUT2D eigenvalue weighted by molar-refractivity contribution is 0.0981. The van der Waals surface area contributed by atoms with E-state index in [0.29, 0.717) is 12.0 Å². The molecule has 0 aromatic heterocycles. The number of phenolic OH excluding ortho intramolecular Hbond substituents is 1.